The van der Waals surface area contributed by atoms with Crippen LogP contribution in [0.5, 0.6) is 5.75 Å². The van der Waals surface area contributed by atoms with Crippen molar-refractivity contribution in [3.63, 3.8) is 0 Å². The fraction of sp³-hybridized carbons (Fsp3) is 0.222. The number of allylic oxidation sites excluding steroid dienone is 3. The SMILES string of the molecule is C#CCOc1ccc(C2=CC=C(C)C(=C)N2CC(F)F)c(F)c1. The predicted molar refractivity (Wildman–Crippen MR) is 84.3 cm³/mol. The maximum Gasteiger partial charge on any atom is 0.256 e. The molecule has 1 aliphatic heterocycles. The molecule has 1 heterocycles. The van der Waals surface area contributed by atoms with Crippen molar-refractivity contribution in [3.05, 3.63) is 59.6 Å². The maximum atomic E-state index is 14.4. The molecule has 120 valence electrons. The summed E-state index contributed by atoms with van der Waals surface area (Å²) < 4.78 is 45.2. The number of hydrogen-bond acceptors (Lipinski definition) is 2. The summed E-state index contributed by atoms with van der Waals surface area (Å²) in [6.45, 7) is 5.05. The summed E-state index contributed by atoms with van der Waals surface area (Å²) in [6.07, 6.45) is 5.84. The molecule has 2 nitrogen and oxygen atoms in total. The lowest BCUT2D eigenvalue weighted by Crippen LogP contribution is -2.29. The Hall–Kier alpha value is -2.61. The number of alkyl halides is 2. The fourth-order valence-corrected chi connectivity index (χ4v) is 2.25. The average Bonchev–Trinajstić information content (AvgIpc) is 2.50. The molecule has 0 unspecified atom stereocenters. The van der Waals surface area contributed by atoms with Crippen LogP contribution >= 0.6 is 0 Å². The topological polar surface area (TPSA) is 12.5 Å². The summed E-state index contributed by atoms with van der Waals surface area (Å²) in [5.41, 5.74) is 1.71. The van der Waals surface area contributed by atoms with E-state index in [1.165, 1.54) is 17.0 Å². The van der Waals surface area contributed by atoms with Crippen LogP contribution in [0.15, 0.2) is 48.2 Å². The molecule has 23 heavy (non-hydrogen) atoms. The van der Waals surface area contributed by atoms with Crippen molar-refractivity contribution in [2.75, 3.05) is 13.2 Å². The number of benzene rings is 1. The van der Waals surface area contributed by atoms with E-state index in [0.717, 1.165) is 5.57 Å². The fourth-order valence-electron chi connectivity index (χ4n) is 2.25. The Morgan fingerprint density at radius 3 is 2.70 bits per heavy atom. The van der Waals surface area contributed by atoms with Crippen LogP contribution < -0.4 is 4.74 Å². The molecule has 1 aromatic carbocycles. The number of ether oxygens (including phenoxy) is 1. The highest BCUT2D eigenvalue weighted by Gasteiger charge is 2.24. The molecular weight excluding hydrogens is 303 g/mol. The summed E-state index contributed by atoms with van der Waals surface area (Å²) in [5, 5.41) is 0. The van der Waals surface area contributed by atoms with Crippen molar-refractivity contribution in [1.29, 1.82) is 0 Å². The summed E-state index contributed by atoms with van der Waals surface area (Å²) in [5.74, 6) is 1.99. The van der Waals surface area contributed by atoms with Crippen LogP contribution in [0.1, 0.15) is 12.5 Å². The van der Waals surface area contributed by atoms with Gasteiger partial charge in [-0.2, -0.15) is 0 Å². The molecule has 0 aliphatic carbocycles. The molecule has 0 N–H and O–H groups in total. The van der Waals surface area contributed by atoms with Crippen LogP contribution in [0.25, 0.3) is 5.70 Å². The van der Waals surface area contributed by atoms with E-state index in [2.05, 4.69) is 12.5 Å². The highest BCUT2D eigenvalue weighted by atomic mass is 19.3. The van der Waals surface area contributed by atoms with Crippen LogP contribution in [0, 0.1) is 18.2 Å². The van der Waals surface area contributed by atoms with Crippen LogP contribution in [0.3, 0.4) is 0 Å². The van der Waals surface area contributed by atoms with Gasteiger partial charge < -0.3 is 9.64 Å². The van der Waals surface area contributed by atoms with Crippen molar-refractivity contribution in [2.45, 2.75) is 13.3 Å². The molecule has 0 saturated carbocycles. The minimum absolute atomic E-state index is 0.0255. The molecule has 0 bridgehead atoms. The van der Waals surface area contributed by atoms with E-state index < -0.39 is 18.8 Å². The van der Waals surface area contributed by atoms with Gasteiger partial charge in [0.25, 0.3) is 6.43 Å². The molecule has 0 saturated heterocycles. The smallest absolute Gasteiger partial charge is 0.256 e. The van der Waals surface area contributed by atoms with E-state index in [-0.39, 0.29) is 17.9 Å². The van der Waals surface area contributed by atoms with Gasteiger partial charge in [-0.05, 0) is 30.7 Å². The van der Waals surface area contributed by atoms with Gasteiger partial charge in [0, 0.05) is 17.3 Å². The van der Waals surface area contributed by atoms with Gasteiger partial charge in [0.05, 0.1) is 12.2 Å². The minimum Gasteiger partial charge on any atom is -0.481 e. The van der Waals surface area contributed by atoms with Gasteiger partial charge in [-0.15, -0.1) is 6.42 Å². The van der Waals surface area contributed by atoms with E-state index in [9.17, 15) is 13.2 Å². The van der Waals surface area contributed by atoms with Gasteiger partial charge in [0.2, 0.25) is 0 Å². The van der Waals surface area contributed by atoms with Crippen molar-refractivity contribution >= 4 is 5.70 Å². The molecule has 1 aliphatic rings. The van der Waals surface area contributed by atoms with E-state index in [1.54, 1.807) is 25.1 Å². The van der Waals surface area contributed by atoms with Crippen LogP contribution in [0.2, 0.25) is 0 Å². The van der Waals surface area contributed by atoms with E-state index in [4.69, 9.17) is 11.2 Å². The standard InChI is InChI=1S/C18H16F3NO/c1-4-9-23-14-6-7-15(16(19)10-14)17-8-5-12(2)13(3)22(17)11-18(20)21/h1,5-8,10,18H,3,9,11H2,2H3. The molecule has 0 aromatic heterocycles. The summed E-state index contributed by atoms with van der Waals surface area (Å²) >= 11 is 0. The lowest BCUT2D eigenvalue weighted by atomic mass is 10.0. The highest BCUT2D eigenvalue weighted by Crippen LogP contribution is 2.33. The molecule has 0 spiro atoms. The second-order valence-electron chi connectivity index (χ2n) is 4.98. The zero-order chi connectivity index (χ0) is 17.0. The first kappa shape index (κ1) is 16.8. The van der Waals surface area contributed by atoms with Gasteiger partial charge >= 0.3 is 0 Å². The normalized spacial score (nSPS) is 14.4. The first-order valence-electron chi connectivity index (χ1n) is 6.93. The summed E-state index contributed by atoms with van der Waals surface area (Å²) in [6, 6.07) is 4.21. The Morgan fingerprint density at radius 1 is 1.35 bits per heavy atom. The molecule has 0 fully saturated rings. The number of hydrogen-bond donors (Lipinski definition) is 0. The number of nitrogens with zero attached hydrogens (tertiary/aromatic N) is 1. The van der Waals surface area contributed by atoms with Gasteiger partial charge in [0.15, 0.2) is 0 Å². The second-order valence-corrected chi connectivity index (χ2v) is 4.98. The largest absolute Gasteiger partial charge is 0.481 e. The van der Waals surface area contributed by atoms with Gasteiger partial charge in [-0.25, -0.2) is 13.2 Å². The van der Waals surface area contributed by atoms with Crippen molar-refractivity contribution in [3.8, 4) is 18.1 Å². The van der Waals surface area contributed by atoms with E-state index in [1.807, 2.05) is 0 Å². The lowest BCUT2D eigenvalue weighted by Gasteiger charge is -2.32. The van der Waals surface area contributed by atoms with Crippen LogP contribution in [0.4, 0.5) is 13.2 Å². The van der Waals surface area contributed by atoms with E-state index in [0.29, 0.717) is 11.4 Å². The number of rotatable bonds is 5. The Kier molecular flexibility index (Phi) is 5.17. The van der Waals surface area contributed by atoms with Crippen molar-refractivity contribution in [1.82, 2.24) is 4.90 Å². The zero-order valence-corrected chi connectivity index (χ0v) is 12.7. The summed E-state index contributed by atoms with van der Waals surface area (Å²) in [7, 11) is 0. The predicted octanol–water partition coefficient (Wildman–Crippen LogP) is 4.22. The van der Waals surface area contributed by atoms with Crippen molar-refractivity contribution < 1.29 is 17.9 Å². The third-order valence-electron chi connectivity index (χ3n) is 3.42. The Bertz CT molecular complexity index is 713. The Labute approximate surface area is 133 Å². The van der Waals surface area contributed by atoms with Gasteiger partial charge in [0.1, 0.15) is 18.2 Å². The molecule has 0 radical (unpaired) electrons. The van der Waals surface area contributed by atoms with Crippen LogP contribution in [-0.4, -0.2) is 24.5 Å². The zero-order valence-electron chi connectivity index (χ0n) is 12.7. The first-order chi connectivity index (χ1) is 10.9. The highest BCUT2D eigenvalue weighted by molar-refractivity contribution is 5.71. The molecule has 2 rings (SSSR count). The third kappa shape index (κ3) is 3.78. The Balaban J connectivity index is 2.38. The quantitative estimate of drug-likeness (QED) is 0.754. The van der Waals surface area contributed by atoms with Gasteiger partial charge in [-0.1, -0.05) is 18.6 Å². The molecule has 0 amide bonds. The molecular formula is C18H16F3NO. The Morgan fingerprint density at radius 2 is 2.09 bits per heavy atom. The third-order valence-corrected chi connectivity index (χ3v) is 3.42. The second kappa shape index (κ2) is 7.10. The average molecular weight is 319 g/mol. The number of terminal acetylenes is 1. The van der Waals surface area contributed by atoms with Gasteiger partial charge in [-0.3, -0.25) is 0 Å². The molecule has 5 heteroatoms. The maximum absolute atomic E-state index is 14.4. The van der Waals surface area contributed by atoms with E-state index >= 15 is 0 Å². The molecule has 1 aromatic rings. The summed E-state index contributed by atoms with van der Waals surface area (Å²) in [4.78, 5) is 1.32. The van der Waals surface area contributed by atoms with Crippen molar-refractivity contribution in [2.24, 2.45) is 0 Å². The first-order valence-corrected chi connectivity index (χ1v) is 6.93. The minimum atomic E-state index is -2.57. The molecule has 0 atom stereocenters. The lowest BCUT2D eigenvalue weighted by molar-refractivity contribution is 0.123. The van der Waals surface area contributed by atoms with Crippen LogP contribution in [-0.2, 0) is 0 Å². The number of halogens is 3. The monoisotopic (exact) mass is 319 g/mol.